The Labute approximate surface area is 222 Å². The summed E-state index contributed by atoms with van der Waals surface area (Å²) < 4.78 is 11.7. The fourth-order valence-corrected chi connectivity index (χ4v) is 4.90. The van der Waals surface area contributed by atoms with Gasteiger partial charge in [0.15, 0.2) is 5.78 Å². The molecule has 0 spiro atoms. The van der Waals surface area contributed by atoms with Gasteiger partial charge in [0.2, 0.25) is 5.79 Å². The highest BCUT2D eigenvalue weighted by molar-refractivity contribution is 7.99. The molecule has 2 aromatic rings. The Morgan fingerprint density at radius 1 is 1.14 bits per heavy atom. The van der Waals surface area contributed by atoms with Crippen LogP contribution in [0.1, 0.15) is 43.5 Å². The van der Waals surface area contributed by atoms with Crippen LogP contribution in [0, 0.1) is 0 Å². The molecule has 9 heteroatoms. The number of rotatable bonds is 13. The summed E-state index contributed by atoms with van der Waals surface area (Å²) >= 11 is 1.75. The first-order valence-electron chi connectivity index (χ1n) is 12.6. The molecular weight excluding hydrogens is 494 g/mol. The molecule has 1 fully saturated rings. The lowest BCUT2D eigenvalue weighted by Crippen LogP contribution is -2.58. The SMILES string of the molecule is CCSCCCO[C@]1(C(C)=O)C[C@H](O)C[C@H](C(O)[C@H](O)CNC(=O)c2ccc(-c3ccccc3)cc2)O1. The molecule has 4 N–H and O–H groups in total. The van der Waals surface area contributed by atoms with Crippen molar-refractivity contribution in [2.24, 2.45) is 0 Å². The minimum Gasteiger partial charge on any atom is -0.393 e. The van der Waals surface area contributed by atoms with Crippen molar-refractivity contribution in [1.29, 1.82) is 0 Å². The topological polar surface area (TPSA) is 125 Å². The van der Waals surface area contributed by atoms with Crippen molar-refractivity contribution < 1.29 is 34.4 Å². The Hall–Kier alpha value is -2.27. The molecule has 1 aliphatic heterocycles. The summed E-state index contributed by atoms with van der Waals surface area (Å²) in [6, 6.07) is 16.9. The maximum Gasteiger partial charge on any atom is 0.251 e. The number of hydrogen-bond donors (Lipinski definition) is 4. The molecule has 2 aromatic carbocycles. The third-order valence-electron chi connectivity index (χ3n) is 6.36. The van der Waals surface area contributed by atoms with Crippen LogP contribution in [0.4, 0.5) is 0 Å². The molecule has 1 heterocycles. The number of carbonyl (C=O) groups excluding carboxylic acids is 2. The van der Waals surface area contributed by atoms with Gasteiger partial charge in [-0.2, -0.15) is 11.8 Å². The second-order valence-corrected chi connectivity index (χ2v) is 10.6. The van der Waals surface area contributed by atoms with Gasteiger partial charge in [0.1, 0.15) is 6.10 Å². The quantitative estimate of drug-likeness (QED) is 0.291. The van der Waals surface area contributed by atoms with Gasteiger partial charge in [0.25, 0.3) is 5.91 Å². The average Bonchev–Trinajstić information content (AvgIpc) is 2.91. The van der Waals surface area contributed by atoms with Crippen LogP contribution in [0.2, 0.25) is 0 Å². The van der Waals surface area contributed by atoms with Gasteiger partial charge in [-0.25, -0.2) is 0 Å². The molecular formula is C28H37NO7S. The van der Waals surface area contributed by atoms with E-state index in [9.17, 15) is 24.9 Å². The van der Waals surface area contributed by atoms with E-state index in [4.69, 9.17) is 9.47 Å². The Morgan fingerprint density at radius 3 is 2.46 bits per heavy atom. The summed E-state index contributed by atoms with van der Waals surface area (Å²) in [5.41, 5.74) is 2.42. The number of nitrogens with one attached hydrogen (secondary N) is 1. The third-order valence-corrected chi connectivity index (χ3v) is 7.35. The zero-order valence-corrected chi connectivity index (χ0v) is 22.2. The number of thioether (sulfide) groups is 1. The number of ether oxygens (including phenoxy) is 2. The van der Waals surface area contributed by atoms with E-state index >= 15 is 0 Å². The van der Waals surface area contributed by atoms with Crippen LogP contribution in [0.15, 0.2) is 54.6 Å². The number of Topliss-reactive ketones (excluding diaryl/α,β-unsaturated/α-hetero) is 1. The Morgan fingerprint density at radius 2 is 1.81 bits per heavy atom. The zero-order chi connectivity index (χ0) is 26.8. The van der Waals surface area contributed by atoms with Crippen molar-refractivity contribution >= 4 is 23.5 Å². The van der Waals surface area contributed by atoms with E-state index in [1.54, 1.807) is 23.9 Å². The van der Waals surface area contributed by atoms with Crippen molar-refractivity contribution in [3.63, 3.8) is 0 Å². The maximum atomic E-state index is 12.6. The van der Waals surface area contributed by atoms with Crippen LogP contribution in [0.25, 0.3) is 11.1 Å². The van der Waals surface area contributed by atoms with Crippen LogP contribution >= 0.6 is 11.8 Å². The molecule has 5 atom stereocenters. The highest BCUT2D eigenvalue weighted by atomic mass is 32.2. The summed E-state index contributed by atoms with van der Waals surface area (Å²) in [4.78, 5) is 25.0. The number of amides is 1. The first kappa shape index (κ1) is 29.3. The molecule has 0 saturated carbocycles. The first-order chi connectivity index (χ1) is 17.8. The molecule has 1 amide bonds. The minimum absolute atomic E-state index is 0.0250. The van der Waals surface area contributed by atoms with Crippen LogP contribution in [0.3, 0.4) is 0 Å². The van der Waals surface area contributed by atoms with Crippen molar-refractivity contribution in [3.8, 4) is 11.1 Å². The van der Waals surface area contributed by atoms with Crippen LogP contribution < -0.4 is 5.32 Å². The van der Waals surface area contributed by atoms with Gasteiger partial charge in [-0.05, 0) is 41.2 Å². The lowest BCUT2D eigenvalue weighted by molar-refractivity contribution is -0.294. The molecule has 0 aromatic heterocycles. The molecule has 1 unspecified atom stereocenters. The monoisotopic (exact) mass is 531 g/mol. The molecule has 37 heavy (non-hydrogen) atoms. The Balaban J connectivity index is 1.56. The molecule has 3 rings (SSSR count). The summed E-state index contributed by atoms with van der Waals surface area (Å²) in [6.45, 7) is 3.41. The van der Waals surface area contributed by atoms with E-state index in [1.807, 2.05) is 42.5 Å². The lowest BCUT2D eigenvalue weighted by Gasteiger charge is -2.43. The summed E-state index contributed by atoms with van der Waals surface area (Å²) in [5, 5.41) is 34.4. The van der Waals surface area contributed by atoms with Gasteiger partial charge in [0.05, 0.1) is 24.9 Å². The number of hydrogen-bond acceptors (Lipinski definition) is 8. The van der Waals surface area contributed by atoms with Gasteiger partial charge in [-0.1, -0.05) is 49.4 Å². The van der Waals surface area contributed by atoms with Crippen molar-refractivity contribution in [2.45, 2.75) is 63.3 Å². The van der Waals surface area contributed by atoms with Crippen molar-refractivity contribution in [2.75, 3.05) is 24.7 Å². The predicted octanol–water partition coefficient (Wildman–Crippen LogP) is 2.79. The third kappa shape index (κ3) is 8.10. The number of ketones is 1. The second kappa shape index (κ2) is 14.0. The molecule has 0 radical (unpaired) electrons. The minimum atomic E-state index is -1.68. The van der Waals surface area contributed by atoms with Crippen LogP contribution in [0.5, 0.6) is 0 Å². The predicted molar refractivity (Wildman–Crippen MR) is 143 cm³/mol. The lowest BCUT2D eigenvalue weighted by atomic mass is 9.91. The molecule has 202 valence electrons. The Bertz CT molecular complexity index is 1000. The number of carbonyl (C=O) groups is 2. The molecule has 1 aliphatic rings. The standard InChI is InChI=1S/C28H37NO7S/c1-3-37-15-7-14-35-28(19(2)30)17-23(31)16-25(36-28)26(33)24(32)18-29-27(34)22-12-10-21(11-13-22)20-8-5-4-6-9-20/h4-6,8-13,23-26,31-33H,3,7,14-18H2,1-2H3,(H,29,34)/t23-,24-,25-,26?,28-/m1/s1. The molecule has 8 nitrogen and oxygen atoms in total. The van der Waals surface area contributed by atoms with E-state index in [0.717, 1.165) is 22.6 Å². The van der Waals surface area contributed by atoms with Gasteiger partial charge in [0, 0.05) is 31.9 Å². The van der Waals surface area contributed by atoms with E-state index < -0.39 is 41.9 Å². The first-order valence-corrected chi connectivity index (χ1v) is 13.8. The van der Waals surface area contributed by atoms with Gasteiger partial charge >= 0.3 is 0 Å². The van der Waals surface area contributed by atoms with Gasteiger partial charge in [-0.3, -0.25) is 9.59 Å². The largest absolute Gasteiger partial charge is 0.393 e. The highest BCUT2D eigenvalue weighted by Crippen LogP contribution is 2.33. The maximum absolute atomic E-state index is 12.6. The summed E-state index contributed by atoms with van der Waals surface area (Å²) in [6.07, 6.45) is -4.14. The van der Waals surface area contributed by atoms with Crippen LogP contribution in [-0.2, 0) is 14.3 Å². The normalized spacial score (nSPS) is 23.3. The molecule has 0 aliphatic carbocycles. The number of aliphatic hydroxyl groups is 3. The van der Waals surface area contributed by atoms with E-state index in [1.165, 1.54) is 6.92 Å². The molecule has 0 bridgehead atoms. The molecule has 1 saturated heterocycles. The van der Waals surface area contributed by atoms with Gasteiger partial charge in [-0.15, -0.1) is 0 Å². The Kier molecular flexibility index (Phi) is 11.1. The average molecular weight is 532 g/mol. The van der Waals surface area contributed by atoms with Crippen molar-refractivity contribution in [3.05, 3.63) is 60.2 Å². The summed E-state index contributed by atoms with van der Waals surface area (Å²) in [7, 11) is 0. The highest BCUT2D eigenvalue weighted by Gasteiger charge is 2.48. The van der Waals surface area contributed by atoms with Crippen molar-refractivity contribution in [1.82, 2.24) is 5.32 Å². The van der Waals surface area contributed by atoms with Gasteiger partial charge < -0.3 is 30.1 Å². The fraction of sp³-hybridized carbons (Fsp3) is 0.500. The van der Waals surface area contributed by atoms with Crippen LogP contribution in [-0.4, -0.2) is 81.9 Å². The zero-order valence-electron chi connectivity index (χ0n) is 21.3. The fourth-order valence-electron chi connectivity index (χ4n) is 4.29. The number of aliphatic hydroxyl groups excluding tert-OH is 3. The second-order valence-electron chi connectivity index (χ2n) is 9.17. The summed E-state index contributed by atoms with van der Waals surface area (Å²) in [5.74, 6) is -0.639. The van der Waals surface area contributed by atoms with E-state index in [0.29, 0.717) is 12.0 Å². The smallest absolute Gasteiger partial charge is 0.251 e. The van der Waals surface area contributed by atoms with E-state index in [-0.39, 0.29) is 26.0 Å². The van der Waals surface area contributed by atoms with E-state index in [2.05, 4.69) is 12.2 Å². The number of benzene rings is 2.